The standard InChI is InChI=1S/C15H26ClN3/c1-5-15(4,19(6-2)7-3)14(18-17)12-8-10-13(16)11-9-12/h8-11,14,18H,5-7,17H2,1-4H3. The fraction of sp³-hybridized carbons (Fsp3) is 0.600. The molecule has 0 radical (unpaired) electrons. The summed E-state index contributed by atoms with van der Waals surface area (Å²) >= 11 is 5.96. The molecule has 1 aromatic rings. The Morgan fingerprint density at radius 3 is 2.11 bits per heavy atom. The Bertz CT molecular complexity index is 375. The molecule has 1 rings (SSSR count). The van der Waals surface area contributed by atoms with Gasteiger partial charge in [0.2, 0.25) is 0 Å². The van der Waals surface area contributed by atoms with E-state index in [-0.39, 0.29) is 11.6 Å². The van der Waals surface area contributed by atoms with E-state index in [0.717, 1.165) is 24.5 Å². The van der Waals surface area contributed by atoms with Crippen LogP contribution in [0.15, 0.2) is 24.3 Å². The van der Waals surface area contributed by atoms with Crippen LogP contribution in [0.2, 0.25) is 5.02 Å². The maximum Gasteiger partial charge on any atom is 0.0641 e. The van der Waals surface area contributed by atoms with Gasteiger partial charge in [0.25, 0.3) is 0 Å². The molecule has 3 N–H and O–H groups in total. The zero-order chi connectivity index (χ0) is 14.5. The van der Waals surface area contributed by atoms with Gasteiger partial charge in [0.1, 0.15) is 0 Å². The molecule has 0 bridgehead atoms. The van der Waals surface area contributed by atoms with Gasteiger partial charge in [-0.05, 0) is 44.1 Å². The predicted octanol–water partition coefficient (Wildman–Crippen LogP) is 3.35. The van der Waals surface area contributed by atoms with Crippen LogP contribution in [0.25, 0.3) is 0 Å². The summed E-state index contributed by atoms with van der Waals surface area (Å²) in [6, 6.07) is 8.00. The van der Waals surface area contributed by atoms with Crippen LogP contribution >= 0.6 is 11.6 Å². The van der Waals surface area contributed by atoms with E-state index in [9.17, 15) is 0 Å². The van der Waals surface area contributed by atoms with Crippen LogP contribution < -0.4 is 11.3 Å². The van der Waals surface area contributed by atoms with Crippen molar-refractivity contribution in [1.29, 1.82) is 0 Å². The van der Waals surface area contributed by atoms with E-state index in [1.165, 1.54) is 5.56 Å². The molecule has 0 spiro atoms. The highest BCUT2D eigenvalue weighted by atomic mass is 35.5. The summed E-state index contributed by atoms with van der Waals surface area (Å²) in [6.45, 7) is 10.9. The van der Waals surface area contributed by atoms with Gasteiger partial charge >= 0.3 is 0 Å². The first kappa shape index (κ1) is 16.4. The molecule has 108 valence electrons. The Kier molecular flexibility index (Phi) is 6.27. The van der Waals surface area contributed by atoms with Crippen LogP contribution in [-0.4, -0.2) is 23.5 Å². The van der Waals surface area contributed by atoms with Crippen molar-refractivity contribution in [3.05, 3.63) is 34.9 Å². The van der Waals surface area contributed by atoms with Gasteiger partial charge in [0.05, 0.1) is 6.04 Å². The van der Waals surface area contributed by atoms with E-state index >= 15 is 0 Å². The second-order valence-electron chi connectivity index (χ2n) is 5.03. The van der Waals surface area contributed by atoms with Crippen LogP contribution in [0.4, 0.5) is 0 Å². The molecule has 0 saturated heterocycles. The zero-order valence-corrected chi connectivity index (χ0v) is 13.2. The number of halogens is 1. The topological polar surface area (TPSA) is 41.3 Å². The molecule has 0 aliphatic rings. The maximum atomic E-state index is 5.96. The van der Waals surface area contributed by atoms with E-state index in [1.807, 2.05) is 24.3 Å². The van der Waals surface area contributed by atoms with E-state index in [0.29, 0.717) is 0 Å². The maximum absolute atomic E-state index is 5.96. The largest absolute Gasteiger partial charge is 0.297 e. The average molecular weight is 284 g/mol. The van der Waals surface area contributed by atoms with Crippen molar-refractivity contribution >= 4 is 11.6 Å². The fourth-order valence-corrected chi connectivity index (χ4v) is 2.97. The van der Waals surface area contributed by atoms with E-state index < -0.39 is 0 Å². The summed E-state index contributed by atoms with van der Waals surface area (Å²) in [4.78, 5) is 2.45. The highest BCUT2D eigenvalue weighted by Crippen LogP contribution is 2.34. The second kappa shape index (κ2) is 7.25. The number of rotatable bonds is 7. The quantitative estimate of drug-likeness (QED) is 0.596. The summed E-state index contributed by atoms with van der Waals surface area (Å²) in [7, 11) is 0. The summed E-state index contributed by atoms with van der Waals surface area (Å²) in [5.41, 5.74) is 4.14. The summed E-state index contributed by atoms with van der Waals surface area (Å²) in [5, 5.41) is 0.751. The second-order valence-corrected chi connectivity index (χ2v) is 5.47. The normalized spacial score (nSPS) is 16.4. The fourth-order valence-electron chi connectivity index (χ4n) is 2.85. The molecule has 19 heavy (non-hydrogen) atoms. The number of benzene rings is 1. The van der Waals surface area contributed by atoms with E-state index in [4.69, 9.17) is 17.4 Å². The number of nitrogens with zero attached hydrogens (tertiary/aromatic N) is 1. The minimum atomic E-state index is -0.0217. The molecule has 1 aromatic carbocycles. The molecule has 0 saturated carbocycles. The Labute approximate surface area is 122 Å². The minimum absolute atomic E-state index is 0.0217. The zero-order valence-electron chi connectivity index (χ0n) is 12.4. The number of likely N-dealkylation sites (N-methyl/N-ethyl adjacent to an activating group) is 1. The average Bonchev–Trinajstić information content (AvgIpc) is 2.43. The summed E-state index contributed by atoms with van der Waals surface area (Å²) < 4.78 is 0. The first-order chi connectivity index (χ1) is 9.03. The van der Waals surface area contributed by atoms with Crippen molar-refractivity contribution in [3.63, 3.8) is 0 Å². The first-order valence-electron chi connectivity index (χ1n) is 7.00. The molecule has 0 fully saturated rings. The van der Waals surface area contributed by atoms with Crippen molar-refractivity contribution in [2.75, 3.05) is 13.1 Å². The number of hydrogen-bond donors (Lipinski definition) is 2. The Balaban J connectivity index is 3.14. The lowest BCUT2D eigenvalue weighted by Crippen LogP contribution is -2.55. The van der Waals surface area contributed by atoms with Gasteiger partial charge in [0, 0.05) is 10.6 Å². The number of hydrazine groups is 1. The monoisotopic (exact) mass is 283 g/mol. The Morgan fingerprint density at radius 2 is 1.74 bits per heavy atom. The van der Waals surface area contributed by atoms with Crippen LogP contribution in [0, 0.1) is 0 Å². The minimum Gasteiger partial charge on any atom is -0.297 e. The molecule has 0 aliphatic heterocycles. The smallest absolute Gasteiger partial charge is 0.0641 e. The van der Waals surface area contributed by atoms with Gasteiger partial charge in [-0.15, -0.1) is 0 Å². The molecule has 4 heteroatoms. The molecule has 0 aliphatic carbocycles. The van der Waals surface area contributed by atoms with Crippen molar-refractivity contribution in [1.82, 2.24) is 10.3 Å². The van der Waals surface area contributed by atoms with Gasteiger partial charge in [-0.1, -0.05) is 44.5 Å². The van der Waals surface area contributed by atoms with E-state index in [1.54, 1.807) is 0 Å². The van der Waals surface area contributed by atoms with Crippen molar-refractivity contribution < 1.29 is 0 Å². The summed E-state index contributed by atoms with van der Waals surface area (Å²) in [5.74, 6) is 5.84. The van der Waals surface area contributed by atoms with Crippen LogP contribution in [0.5, 0.6) is 0 Å². The summed E-state index contributed by atoms with van der Waals surface area (Å²) in [6.07, 6.45) is 1.02. The third-order valence-electron chi connectivity index (χ3n) is 4.19. The molecule has 2 unspecified atom stereocenters. The van der Waals surface area contributed by atoms with E-state index in [2.05, 4.69) is 38.0 Å². The molecule has 0 amide bonds. The van der Waals surface area contributed by atoms with Gasteiger partial charge in [-0.3, -0.25) is 16.2 Å². The van der Waals surface area contributed by atoms with Crippen LogP contribution in [-0.2, 0) is 0 Å². The van der Waals surface area contributed by atoms with Crippen LogP contribution in [0.3, 0.4) is 0 Å². The van der Waals surface area contributed by atoms with Gasteiger partial charge in [0.15, 0.2) is 0 Å². The lowest BCUT2D eigenvalue weighted by Gasteiger charge is -2.45. The number of nitrogens with one attached hydrogen (secondary N) is 1. The van der Waals surface area contributed by atoms with Gasteiger partial charge in [-0.25, -0.2) is 0 Å². The molecule has 0 heterocycles. The molecular formula is C15H26ClN3. The van der Waals surface area contributed by atoms with Crippen molar-refractivity contribution in [2.24, 2.45) is 5.84 Å². The molecule has 0 aromatic heterocycles. The van der Waals surface area contributed by atoms with Crippen molar-refractivity contribution in [3.8, 4) is 0 Å². The van der Waals surface area contributed by atoms with Crippen molar-refractivity contribution in [2.45, 2.75) is 45.7 Å². The highest BCUT2D eigenvalue weighted by molar-refractivity contribution is 6.30. The van der Waals surface area contributed by atoms with Crippen LogP contribution in [0.1, 0.15) is 45.7 Å². The Hall–Kier alpha value is -0.610. The van der Waals surface area contributed by atoms with Gasteiger partial charge in [-0.2, -0.15) is 0 Å². The number of nitrogens with two attached hydrogens (primary N) is 1. The first-order valence-corrected chi connectivity index (χ1v) is 7.37. The van der Waals surface area contributed by atoms with Gasteiger partial charge < -0.3 is 0 Å². The third kappa shape index (κ3) is 3.48. The highest BCUT2D eigenvalue weighted by Gasteiger charge is 2.37. The third-order valence-corrected chi connectivity index (χ3v) is 4.45. The molecule has 2 atom stereocenters. The number of hydrogen-bond acceptors (Lipinski definition) is 3. The lowest BCUT2D eigenvalue weighted by atomic mass is 9.83. The predicted molar refractivity (Wildman–Crippen MR) is 83.1 cm³/mol. The lowest BCUT2D eigenvalue weighted by molar-refractivity contribution is 0.0698. The molecular weight excluding hydrogens is 258 g/mol. The molecule has 3 nitrogen and oxygen atoms in total. The Morgan fingerprint density at radius 1 is 1.21 bits per heavy atom. The SMILES string of the molecule is CCN(CC)C(C)(CC)C(NN)c1ccc(Cl)cc1.